The molecule has 2 rings (SSSR count). The maximum absolute atomic E-state index is 12.6. The van der Waals surface area contributed by atoms with Gasteiger partial charge in [0.2, 0.25) is 0 Å². The molecule has 1 aliphatic carbocycles. The molecule has 9 nitrogen and oxygen atoms in total. The number of nitrogens with zero attached hydrogens (tertiary/aromatic N) is 1. The van der Waals surface area contributed by atoms with Crippen molar-refractivity contribution >= 4 is 7.60 Å². The molecule has 1 aromatic heterocycles. The summed E-state index contributed by atoms with van der Waals surface area (Å²) in [5.41, 5.74) is -1.03. The molecule has 1 saturated carbocycles. The van der Waals surface area contributed by atoms with Crippen molar-refractivity contribution in [1.29, 1.82) is 0 Å². The fraction of sp³-hybridized carbons (Fsp3) is 0.750. The molecule has 26 heavy (non-hydrogen) atoms. The number of nitrogens with one attached hydrogen (secondary N) is 1. The topological polar surface area (TPSA) is 120 Å². The Kier molecular flexibility index (Phi) is 7.37. The van der Waals surface area contributed by atoms with Gasteiger partial charge in [0.1, 0.15) is 6.10 Å². The molecule has 148 valence electrons. The molecule has 0 spiro atoms. The van der Waals surface area contributed by atoms with Gasteiger partial charge in [-0.15, -0.1) is 0 Å². The fourth-order valence-corrected chi connectivity index (χ4v) is 5.28. The van der Waals surface area contributed by atoms with Gasteiger partial charge in [0.05, 0.1) is 31.5 Å². The zero-order chi connectivity index (χ0) is 19.3. The normalized spacial score (nSPS) is 26.3. The van der Waals surface area contributed by atoms with Crippen LogP contribution in [0.15, 0.2) is 21.9 Å². The van der Waals surface area contributed by atoms with Gasteiger partial charge in [-0.2, -0.15) is 0 Å². The van der Waals surface area contributed by atoms with Gasteiger partial charge < -0.3 is 18.9 Å². The van der Waals surface area contributed by atoms with Gasteiger partial charge in [0.15, 0.2) is 0 Å². The first kappa shape index (κ1) is 21.1. The van der Waals surface area contributed by atoms with Crippen LogP contribution < -0.4 is 11.2 Å². The van der Waals surface area contributed by atoms with E-state index in [1.54, 1.807) is 13.8 Å². The first-order chi connectivity index (χ1) is 12.3. The van der Waals surface area contributed by atoms with Crippen molar-refractivity contribution in [1.82, 2.24) is 9.55 Å². The van der Waals surface area contributed by atoms with Crippen LogP contribution in [0.5, 0.6) is 0 Å². The van der Waals surface area contributed by atoms with Crippen LogP contribution in [0.25, 0.3) is 0 Å². The molecule has 0 aliphatic heterocycles. The van der Waals surface area contributed by atoms with Crippen molar-refractivity contribution in [2.45, 2.75) is 44.9 Å². The van der Waals surface area contributed by atoms with E-state index in [-0.39, 0.29) is 25.3 Å². The van der Waals surface area contributed by atoms with E-state index in [0.717, 1.165) is 0 Å². The highest BCUT2D eigenvalue weighted by molar-refractivity contribution is 7.53. The molecule has 10 heteroatoms. The van der Waals surface area contributed by atoms with Gasteiger partial charge in [-0.1, -0.05) is 0 Å². The minimum Gasteiger partial charge on any atom is -0.390 e. The number of aliphatic hydroxyl groups is 1. The summed E-state index contributed by atoms with van der Waals surface area (Å²) in [4.78, 5) is 25.5. The third-order valence-electron chi connectivity index (χ3n) is 4.65. The first-order valence-corrected chi connectivity index (χ1v) is 10.5. The maximum atomic E-state index is 12.6. The standard InChI is InChI=1S/C16H27N2O7P/c1-4-24-26(22,25-5-2)9-7-11-10-12(15(23-3)14(11)20)18-8-6-13(19)17-16(18)21/h6,8,11-12,14-15,20H,4-5,7,9-10H2,1-3H3,(H,17,19,21)/t11-,12+,14+,15-/m0/s1. The van der Waals surface area contributed by atoms with E-state index >= 15 is 0 Å². The lowest BCUT2D eigenvalue weighted by Crippen LogP contribution is -2.38. The highest BCUT2D eigenvalue weighted by Gasteiger charge is 2.44. The van der Waals surface area contributed by atoms with Gasteiger partial charge in [-0.05, 0) is 32.6 Å². The van der Waals surface area contributed by atoms with Crippen LogP contribution in [0.3, 0.4) is 0 Å². The van der Waals surface area contributed by atoms with Crippen LogP contribution >= 0.6 is 7.60 Å². The van der Waals surface area contributed by atoms with Gasteiger partial charge in [0.25, 0.3) is 5.56 Å². The Balaban J connectivity index is 2.15. The molecule has 1 aliphatic rings. The Hall–Kier alpha value is -1.25. The Morgan fingerprint density at radius 2 is 1.96 bits per heavy atom. The SMILES string of the molecule is CCOP(=O)(CC[C@H]1C[C@@H](n2ccc(=O)[nH]c2=O)[C@H](OC)[C@@H]1O)OCC. The molecule has 1 aromatic rings. The van der Waals surface area contributed by atoms with Crippen molar-refractivity contribution in [2.24, 2.45) is 5.92 Å². The fourth-order valence-electron chi connectivity index (χ4n) is 3.51. The van der Waals surface area contributed by atoms with E-state index in [4.69, 9.17) is 13.8 Å². The second-order valence-electron chi connectivity index (χ2n) is 6.23. The van der Waals surface area contributed by atoms with Crippen LogP contribution in [-0.2, 0) is 18.3 Å². The minimum absolute atomic E-state index is 0.181. The Labute approximate surface area is 151 Å². The van der Waals surface area contributed by atoms with Crippen LogP contribution in [-0.4, -0.2) is 53.4 Å². The number of hydrogen-bond donors (Lipinski definition) is 2. The Morgan fingerprint density at radius 3 is 2.50 bits per heavy atom. The molecule has 0 aromatic carbocycles. The monoisotopic (exact) mass is 390 g/mol. The number of hydrogen-bond acceptors (Lipinski definition) is 7. The van der Waals surface area contributed by atoms with Crippen molar-refractivity contribution in [2.75, 3.05) is 26.5 Å². The average Bonchev–Trinajstić information content (AvgIpc) is 2.89. The largest absolute Gasteiger partial charge is 0.390 e. The molecule has 0 amide bonds. The second-order valence-corrected chi connectivity index (χ2v) is 8.42. The summed E-state index contributed by atoms with van der Waals surface area (Å²) in [5, 5.41) is 10.6. The lowest BCUT2D eigenvalue weighted by Gasteiger charge is -2.23. The molecular formula is C16H27N2O7P. The van der Waals surface area contributed by atoms with E-state index in [9.17, 15) is 19.3 Å². The second kappa shape index (κ2) is 9.10. The predicted molar refractivity (Wildman–Crippen MR) is 95.6 cm³/mol. The lowest BCUT2D eigenvalue weighted by molar-refractivity contribution is -0.0239. The van der Waals surface area contributed by atoms with Gasteiger partial charge in [-0.25, -0.2) is 4.79 Å². The highest BCUT2D eigenvalue weighted by Crippen LogP contribution is 2.50. The van der Waals surface area contributed by atoms with Gasteiger partial charge in [0, 0.05) is 19.4 Å². The summed E-state index contributed by atoms with van der Waals surface area (Å²) < 4.78 is 30.0. The number of ether oxygens (including phenoxy) is 1. The number of rotatable bonds is 9. The number of aromatic nitrogens is 2. The molecule has 1 fully saturated rings. The minimum atomic E-state index is -3.20. The summed E-state index contributed by atoms with van der Waals surface area (Å²) in [7, 11) is -1.74. The van der Waals surface area contributed by atoms with Crippen LogP contribution in [0.2, 0.25) is 0 Å². The molecule has 2 N–H and O–H groups in total. The summed E-state index contributed by atoms with van der Waals surface area (Å²) >= 11 is 0. The summed E-state index contributed by atoms with van der Waals surface area (Å²) in [6.07, 6.45) is 0.998. The number of aromatic amines is 1. The van der Waals surface area contributed by atoms with Crippen LogP contribution in [0.1, 0.15) is 32.7 Å². The van der Waals surface area contributed by atoms with E-state index in [1.807, 2.05) is 0 Å². The Bertz CT molecular complexity index is 737. The number of aliphatic hydroxyl groups excluding tert-OH is 1. The zero-order valence-electron chi connectivity index (χ0n) is 15.3. The highest BCUT2D eigenvalue weighted by atomic mass is 31.2. The maximum Gasteiger partial charge on any atom is 0.330 e. The van der Waals surface area contributed by atoms with Crippen LogP contribution in [0.4, 0.5) is 0 Å². The van der Waals surface area contributed by atoms with Crippen molar-refractivity contribution < 1.29 is 23.5 Å². The van der Waals surface area contributed by atoms with E-state index in [2.05, 4.69) is 4.98 Å². The lowest BCUT2D eigenvalue weighted by atomic mass is 10.0. The molecule has 0 saturated heterocycles. The Morgan fingerprint density at radius 1 is 1.31 bits per heavy atom. The van der Waals surface area contributed by atoms with Crippen LogP contribution in [0, 0.1) is 5.92 Å². The summed E-state index contributed by atoms with van der Waals surface area (Å²) in [5.74, 6) is -0.238. The van der Waals surface area contributed by atoms with E-state index in [1.165, 1.54) is 23.9 Å². The van der Waals surface area contributed by atoms with Crippen molar-refractivity contribution in [3.05, 3.63) is 33.1 Å². The smallest absolute Gasteiger partial charge is 0.330 e. The van der Waals surface area contributed by atoms with Gasteiger partial charge in [-0.3, -0.25) is 18.9 Å². The van der Waals surface area contributed by atoms with Crippen molar-refractivity contribution in [3.63, 3.8) is 0 Å². The third kappa shape index (κ3) is 4.72. The first-order valence-electron chi connectivity index (χ1n) is 8.75. The third-order valence-corrected chi connectivity index (χ3v) is 6.76. The average molecular weight is 390 g/mol. The molecule has 0 unspecified atom stereocenters. The molecular weight excluding hydrogens is 363 g/mol. The number of H-pyrrole nitrogens is 1. The molecule has 4 atom stereocenters. The van der Waals surface area contributed by atoms with Crippen molar-refractivity contribution in [3.8, 4) is 0 Å². The number of methoxy groups -OCH3 is 1. The quantitative estimate of drug-likeness (QED) is 0.607. The van der Waals surface area contributed by atoms with Gasteiger partial charge >= 0.3 is 13.3 Å². The molecule has 0 radical (unpaired) electrons. The van der Waals surface area contributed by atoms with E-state index < -0.39 is 37.1 Å². The summed E-state index contributed by atoms with van der Waals surface area (Å²) in [6, 6.07) is 0.828. The van der Waals surface area contributed by atoms with E-state index in [0.29, 0.717) is 12.8 Å². The molecule has 1 heterocycles. The zero-order valence-corrected chi connectivity index (χ0v) is 16.2. The molecule has 0 bridgehead atoms. The predicted octanol–water partition coefficient (Wildman–Crippen LogP) is 1.13. The summed E-state index contributed by atoms with van der Waals surface area (Å²) in [6.45, 7) is 4.05.